The van der Waals surface area contributed by atoms with Crippen molar-refractivity contribution in [2.24, 2.45) is 5.92 Å². The molecule has 0 spiro atoms. The molecule has 150 valence electrons. The smallest absolute Gasteiger partial charge is 0.310 e. The quantitative estimate of drug-likeness (QED) is 0.420. The van der Waals surface area contributed by atoms with Gasteiger partial charge in [0.25, 0.3) is 0 Å². The lowest BCUT2D eigenvalue weighted by Crippen LogP contribution is -2.43. The van der Waals surface area contributed by atoms with Gasteiger partial charge in [-0.2, -0.15) is 0 Å². The van der Waals surface area contributed by atoms with E-state index in [0.29, 0.717) is 25.4 Å². The molecule has 2 aromatic rings. The molecule has 1 amide bonds. The van der Waals surface area contributed by atoms with Crippen molar-refractivity contribution in [3.63, 3.8) is 0 Å². The number of aryl methyl sites for hydroxylation is 2. The second-order valence-corrected chi connectivity index (χ2v) is 9.34. The van der Waals surface area contributed by atoms with Crippen molar-refractivity contribution in [1.82, 2.24) is 14.9 Å². The van der Waals surface area contributed by atoms with Crippen LogP contribution in [0.5, 0.6) is 0 Å². The van der Waals surface area contributed by atoms with Crippen LogP contribution in [0.25, 0.3) is 10.2 Å². The summed E-state index contributed by atoms with van der Waals surface area (Å²) in [6.07, 6.45) is 7.90. The number of piperidine rings is 1. The van der Waals surface area contributed by atoms with Gasteiger partial charge in [0, 0.05) is 23.4 Å². The van der Waals surface area contributed by atoms with Gasteiger partial charge >= 0.3 is 5.97 Å². The van der Waals surface area contributed by atoms with Crippen molar-refractivity contribution in [3.8, 4) is 0 Å². The molecule has 0 bridgehead atoms. The molecule has 2 aromatic heterocycles. The normalized spacial score (nSPS) is 19.5. The van der Waals surface area contributed by atoms with E-state index < -0.39 is 0 Å². The second kappa shape index (κ2) is 8.78. The van der Waals surface area contributed by atoms with E-state index in [2.05, 4.69) is 9.97 Å². The number of thioether (sulfide) groups is 1. The third-order valence-corrected chi connectivity index (χ3v) is 7.62. The Morgan fingerprint density at radius 2 is 2.14 bits per heavy atom. The van der Waals surface area contributed by atoms with Crippen molar-refractivity contribution in [2.75, 3.05) is 25.4 Å². The monoisotopic (exact) mass is 419 g/mol. The minimum atomic E-state index is -0.197. The zero-order valence-electron chi connectivity index (χ0n) is 16.1. The number of likely N-dealkylation sites (tertiary alicyclic amines) is 1. The van der Waals surface area contributed by atoms with Gasteiger partial charge in [-0.05, 0) is 51.0 Å². The van der Waals surface area contributed by atoms with Gasteiger partial charge in [0.05, 0.1) is 18.3 Å². The molecule has 4 rings (SSSR count). The van der Waals surface area contributed by atoms with Crippen LogP contribution in [0.15, 0.2) is 11.4 Å². The number of fused-ring (bicyclic) bond motifs is 3. The summed E-state index contributed by atoms with van der Waals surface area (Å²) in [7, 11) is 0. The van der Waals surface area contributed by atoms with Crippen LogP contribution < -0.4 is 0 Å². The molecule has 1 aliphatic heterocycles. The second-order valence-electron chi connectivity index (χ2n) is 7.29. The first-order valence-electron chi connectivity index (χ1n) is 9.99. The minimum absolute atomic E-state index is 0.0647. The predicted octanol–water partition coefficient (Wildman–Crippen LogP) is 3.46. The number of amides is 1. The van der Waals surface area contributed by atoms with Crippen molar-refractivity contribution in [1.29, 1.82) is 0 Å². The van der Waals surface area contributed by atoms with E-state index in [1.165, 1.54) is 35.0 Å². The van der Waals surface area contributed by atoms with Crippen LogP contribution in [-0.4, -0.2) is 52.2 Å². The summed E-state index contributed by atoms with van der Waals surface area (Å²) in [5.74, 6) is 0.0222. The lowest BCUT2D eigenvalue weighted by Gasteiger charge is -2.31. The van der Waals surface area contributed by atoms with E-state index in [-0.39, 0.29) is 17.8 Å². The summed E-state index contributed by atoms with van der Waals surface area (Å²) in [6.45, 7) is 3.37. The van der Waals surface area contributed by atoms with Gasteiger partial charge in [0.1, 0.15) is 16.2 Å². The van der Waals surface area contributed by atoms with E-state index in [1.807, 2.05) is 6.92 Å². The molecule has 0 aromatic carbocycles. The molecule has 1 atom stereocenters. The van der Waals surface area contributed by atoms with Crippen LogP contribution in [0.3, 0.4) is 0 Å². The molecule has 0 N–H and O–H groups in total. The Morgan fingerprint density at radius 1 is 1.29 bits per heavy atom. The highest BCUT2D eigenvalue weighted by atomic mass is 32.2. The van der Waals surface area contributed by atoms with Gasteiger partial charge in [-0.3, -0.25) is 9.59 Å². The van der Waals surface area contributed by atoms with Gasteiger partial charge in [0.2, 0.25) is 5.91 Å². The molecule has 28 heavy (non-hydrogen) atoms. The maximum Gasteiger partial charge on any atom is 0.310 e. The van der Waals surface area contributed by atoms with Crippen LogP contribution >= 0.6 is 23.1 Å². The zero-order valence-corrected chi connectivity index (χ0v) is 17.7. The lowest BCUT2D eigenvalue weighted by atomic mass is 9.97. The Kier molecular flexibility index (Phi) is 6.16. The molecule has 8 heteroatoms. The predicted molar refractivity (Wildman–Crippen MR) is 111 cm³/mol. The first-order valence-corrected chi connectivity index (χ1v) is 11.8. The average molecular weight is 420 g/mol. The van der Waals surface area contributed by atoms with Crippen molar-refractivity contribution >= 4 is 45.2 Å². The zero-order chi connectivity index (χ0) is 19.5. The van der Waals surface area contributed by atoms with Gasteiger partial charge < -0.3 is 9.64 Å². The van der Waals surface area contributed by atoms with Crippen molar-refractivity contribution in [2.45, 2.75) is 50.5 Å². The average Bonchev–Trinajstić information content (AvgIpc) is 3.11. The van der Waals surface area contributed by atoms with Gasteiger partial charge in [-0.15, -0.1) is 11.3 Å². The molecule has 0 unspecified atom stereocenters. The Hall–Kier alpha value is -1.67. The number of hydrogen-bond donors (Lipinski definition) is 0. The largest absolute Gasteiger partial charge is 0.466 e. The molecule has 2 aliphatic rings. The van der Waals surface area contributed by atoms with Crippen LogP contribution in [0.2, 0.25) is 0 Å². The first kappa shape index (κ1) is 19.6. The number of rotatable bonds is 5. The highest BCUT2D eigenvalue weighted by Crippen LogP contribution is 2.39. The standard InChI is InChI=1S/C20H25N3O3S2/c1-2-26-20(25)13-6-5-9-23(10-13)16(24)11-27-18-17-14-7-3-4-8-15(14)28-19(17)22-12-21-18/h12-13H,2-11H2,1H3/t13-/m0/s1. The number of nitrogens with zero attached hydrogens (tertiary/aromatic N) is 3. The van der Waals surface area contributed by atoms with Gasteiger partial charge in [-0.25, -0.2) is 9.97 Å². The van der Waals surface area contributed by atoms with Crippen LogP contribution in [0, 0.1) is 5.92 Å². The summed E-state index contributed by atoms with van der Waals surface area (Å²) in [6, 6.07) is 0. The molecule has 1 saturated heterocycles. The summed E-state index contributed by atoms with van der Waals surface area (Å²) in [4.78, 5) is 38.0. The first-order chi connectivity index (χ1) is 13.7. The van der Waals surface area contributed by atoms with Gasteiger partial charge in [-0.1, -0.05) is 11.8 Å². The number of esters is 1. The Balaban J connectivity index is 1.44. The van der Waals surface area contributed by atoms with E-state index in [9.17, 15) is 9.59 Å². The third-order valence-electron chi connectivity index (χ3n) is 5.44. The fourth-order valence-corrected chi connectivity index (χ4v) is 6.27. The molecule has 1 aliphatic carbocycles. The van der Waals surface area contributed by atoms with Crippen LogP contribution in [-0.2, 0) is 27.2 Å². The number of ether oxygens (including phenoxy) is 1. The van der Waals surface area contributed by atoms with Crippen molar-refractivity contribution < 1.29 is 14.3 Å². The van der Waals surface area contributed by atoms with E-state index in [0.717, 1.165) is 40.9 Å². The molecular weight excluding hydrogens is 394 g/mol. The van der Waals surface area contributed by atoms with E-state index >= 15 is 0 Å². The molecule has 3 heterocycles. The van der Waals surface area contributed by atoms with Crippen LogP contribution in [0.4, 0.5) is 0 Å². The van der Waals surface area contributed by atoms with Gasteiger partial charge in [0.15, 0.2) is 0 Å². The fraction of sp³-hybridized carbons (Fsp3) is 0.600. The minimum Gasteiger partial charge on any atom is -0.466 e. The Morgan fingerprint density at radius 3 is 3.00 bits per heavy atom. The molecule has 1 fully saturated rings. The SMILES string of the molecule is CCOC(=O)[C@H]1CCCN(C(=O)CSc2ncnc3sc4c(c23)CCCC4)C1. The Bertz CT molecular complexity index is 883. The van der Waals surface area contributed by atoms with E-state index in [4.69, 9.17) is 4.74 Å². The summed E-state index contributed by atoms with van der Waals surface area (Å²) in [5.41, 5.74) is 1.39. The lowest BCUT2D eigenvalue weighted by molar-refractivity contribution is -0.151. The molecule has 0 radical (unpaired) electrons. The maximum atomic E-state index is 12.8. The Labute approximate surface area is 173 Å². The summed E-state index contributed by atoms with van der Waals surface area (Å²) >= 11 is 3.27. The topological polar surface area (TPSA) is 72.4 Å². The summed E-state index contributed by atoms with van der Waals surface area (Å²) in [5, 5.41) is 2.07. The third kappa shape index (κ3) is 4.03. The highest BCUT2D eigenvalue weighted by molar-refractivity contribution is 8.00. The molecular formula is C20H25N3O3S2. The van der Waals surface area contributed by atoms with Crippen molar-refractivity contribution in [3.05, 3.63) is 16.8 Å². The number of thiophene rings is 1. The maximum absolute atomic E-state index is 12.8. The van der Waals surface area contributed by atoms with Crippen LogP contribution in [0.1, 0.15) is 43.0 Å². The number of carbonyl (C=O) groups excluding carboxylic acids is 2. The molecule has 6 nitrogen and oxygen atoms in total. The summed E-state index contributed by atoms with van der Waals surface area (Å²) < 4.78 is 5.13. The van der Waals surface area contributed by atoms with E-state index in [1.54, 1.807) is 22.6 Å². The number of carbonyl (C=O) groups is 2. The number of aromatic nitrogens is 2. The highest BCUT2D eigenvalue weighted by Gasteiger charge is 2.29. The fourth-order valence-electron chi connectivity index (χ4n) is 4.05. The molecule has 0 saturated carbocycles. The number of hydrogen-bond acceptors (Lipinski definition) is 7.